The van der Waals surface area contributed by atoms with Crippen LogP contribution in [0.3, 0.4) is 0 Å². The molecule has 1 aromatic carbocycles. The van der Waals surface area contributed by atoms with E-state index in [2.05, 4.69) is 20.6 Å². The minimum atomic E-state index is -0.227. The maximum atomic E-state index is 12.0. The van der Waals surface area contributed by atoms with Gasteiger partial charge in [-0.25, -0.2) is 4.98 Å². The van der Waals surface area contributed by atoms with Crippen molar-refractivity contribution in [3.8, 4) is 0 Å². The molecule has 0 spiro atoms. The number of carbonyl (C=O) groups is 2. The fourth-order valence-electron chi connectivity index (χ4n) is 1.99. The van der Waals surface area contributed by atoms with Crippen LogP contribution in [-0.2, 0) is 9.59 Å². The minimum Gasteiger partial charge on any atom is -0.326 e. The average molecular weight is 360 g/mol. The molecule has 0 fully saturated rings. The van der Waals surface area contributed by atoms with Crippen LogP contribution in [0.25, 0.3) is 0 Å². The molecule has 25 heavy (non-hydrogen) atoms. The molecule has 0 aliphatic rings. The molecule has 0 saturated carbocycles. The van der Waals surface area contributed by atoms with Crippen molar-refractivity contribution in [1.82, 2.24) is 9.97 Å². The topological polar surface area (TPSA) is 104 Å². The third-order valence-corrected chi connectivity index (χ3v) is 4.03. The van der Waals surface area contributed by atoms with Crippen LogP contribution < -0.4 is 16.2 Å². The van der Waals surface area contributed by atoms with Gasteiger partial charge in [0.1, 0.15) is 0 Å². The van der Waals surface area contributed by atoms with Gasteiger partial charge in [0.15, 0.2) is 5.16 Å². The third kappa shape index (κ3) is 6.07. The van der Waals surface area contributed by atoms with E-state index in [4.69, 9.17) is 0 Å². The van der Waals surface area contributed by atoms with Crippen molar-refractivity contribution in [3.05, 3.63) is 46.4 Å². The molecular weight excluding hydrogens is 340 g/mol. The maximum absolute atomic E-state index is 12.0. The minimum absolute atomic E-state index is 0.123. The lowest BCUT2D eigenvalue weighted by molar-refractivity contribution is -0.114. The number of nitrogens with zero attached hydrogens (tertiary/aromatic N) is 1. The molecule has 1 aromatic heterocycles. The summed E-state index contributed by atoms with van der Waals surface area (Å²) in [6.45, 7) is 5.33. The molecule has 132 valence electrons. The van der Waals surface area contributed by atoms with E-state index in [0.29, 0.717) is 22.2 Å². The summed E-state index contributed by atoms with van der Waals surface area (Å²) < 4.78 is 0. The molecule has 0 aliphatic carbocycles. The van der Waals surface area contributed by atoms with Crippen LogP contribution in [-0.4, -0.2) is 27.5 Å². The van der Waals surface area contributed by atoms with Crippen molar-refractivity contribution in [3.63, 3.8) is 0 Å². The largest absolute Gasteiger partial charge is 0.326 e. The van der Waals surface area contributed by atoms with Gasteiger partial charge in [0.05, 0.1) is 11.4 Å². The number of aromatic amines is 1. The molecule has 7 nitrogen and oxygen atoms in total. The van der Waals surface area contributed by atoms with Crippen molar-refractivity contribution in [2.45, 2.75) is 31.8 Å². The van der Waals surface area contributed by atoms with Crippen molar-refractivity contribution >= 4 is 35.0 Å². The zero-order valence-corrected chi connectivity index (χ0v) is 15.1. The molecule has 8 heteroatoms. The monoisotopic (exact) mass is 360 g/mol. The summed E-state index contributed by atoms with van der Waals surface area (Å²) in [5, 5.41) is 5.83. The van der Waals surface area contributed by atoms with Crippen molar-refractivity contribution in [1.29, 1.82) is 0 Å². The number of hydrogen-bond acceptors (Lipinski definition) is 5. The van der Waals surface area contributed by atoms with Gasteiger partial charge in [-0.3, -0.25) is 14.4 Å². The first-order valence-electron chi connectivity index (χ1n) is 7.75. The number of H-pyrrole nitrogens is 1. The summed E-state index contributed by atoms with van der Waals surface area (Å²) in [6, 6.07) is 8.27. The fraction of sp³-hybridized carbons (Fsp3) is 0.294. The molecule has 2 aromatic rings. The normalized spacial score (nSPS) is 10.6. The molecule has 0 saturated heterocycles. The van der Waals surface area contributed by atoms with E-state index in [-0.39, 0.29) is 29.0 Å². The Labute approximate surface area is 149 Å². The molecule has 3 N–H and O–H groups in total. The number of rotatable bonds is 6. The Kier molecular flexibility index (Phi) is 6.35. The van der Waals surface area contributed by atoms with Crippen LogP contribution in [0.15, 0.2) is 40.3 Å². The van der Waals surface area contributed by atoms with E-state index < -0.39 is 0 Å². The standard InChI is InChI=1S/C17H20N4O3S/c1-10(2)14-8-15(23)21-17(20-14)25-9-16(24)19-13-6-4-12(5-7-13)18-11(3)22/h4-8,10H,9H2,1-3H3,(H,18,22)(H,19,24)(H,20,21,23). The first-order valence-corrected chi connectivity index (χ1v) is 8.73. The molecule has 0 bridgehead atoms. The van der Waals surface area contributed by atoms with E-state index >= 15 is 0 Å². The summed E-state index contributed by atoms with van der Waals surface area (Å²) in [5.74, 6) is -0.108. The van der Waals surface area contributed by atoms with Gasteiger partial charge in [-0.05, 0) is 30.2 Å². The van der Waals surface area contributed by atoms with Crippen LogP contribution in [0.4, 0.5) is 11.4 Å². The van der Waals surface area contributed by atoms with E-state index in [1.54, 1.807) is 24.3 Å². The summed E-state index contributed by atoms with van der Waals surface area (Å²) in [5.41, 5.74) is 1.75. The predicted molar refractivity (Wildman–Crippen MR) is 99.0 cm³/mol. The van der Waals surface area contributed by atoms with Crippen molar-refractivity contribution in [2.75, 3.05) is 16.4 Å². The highest BCUT2D eigenvalue weighted by Crippen LogP contribution is 2.17. The third-order valence-electron chi connectivity index (χ3n) is 3.16. The number of benzene rings is 1. The zero-order valence-electron chi connectivity index (χ0n) is 14.3. The molecule has 0 radical (unpaired) electrons. The second kappa shape index (κ2) is 8.48. The first kappa shape index (κ1) is 18.7. The highest BCUT2D eigenvalue weighted by atomic mass is 32.2. The van der Waals surface area contributed by atoms with Crippen LogP contribution in [0.5, 0.6) is 0 Å². The summed E-state index contributed by atoms with van der Waals surface area (Å²) >= 11 is 1.17. The summed E-state index contributed by atoms with van der Waals surface area (Å²) in [7, 11) is 0. The van der Waals surface area contributed by atoms with Crippen LogP contribution in [0.1, 0.15) is 32.4 Å². The Morgan fingerprint density at radius 2 is 1.76 bits per heavy atom. The lowest BCUT2D eigenvalue weighted by Gasteiger charge is -2.08. The van der Waals surface area contributed by atoms with E-state index in [0.717, 1.165) is 0 Å². The fourth-order valence-corrected chi connectivity index (χ4v) is 2.67. The van der Waals surface area contributed by atoms with Gasteiger partial charge in [0.2, 0.25) is 11.8 Å². The second-order valence-electron chi connectivity index (χ2n) is 5.73. The lowest BCUT2D eigenvalue weighted by atomic mass is 10.1. The lowest BCUT2D eigenvalue weighted by Crippen LogP contribution is -2.16. The van der Waals surface area contributed by atoms with Crippen LogP contribution in [0.2, 0.25) is 0 Å². The van der Waals surface area contributed by atoms with Gasteiger partial charge in [-0.15, -0.1) is 0 Å². The van der Waals surface area contributed by atoms with Crippen molar-refractivity contribution in [2.24, 2.45) is 0 Å². The number of thioether (sulfide) groups is 1. The Balaban J connectivity index is 1.92. The van der Waals surface area contributed by atoms with E-state index in [1.165, 1.54) is 24.8 Å². The number of amides is 2. The number of aromatic nitrogens is 2. The first-order chi connectivity index (χ1) is 11.8. The second-order valence-corrected chi connectivity index (χ2v) is 6.69. The Morgan fingerprint density at radius 1 is 1.16 bits per heavy atom. The number of anilines is 2. The smallest absolute Gasteiger partial charge is 0.251 e. The van der Waals surface area contributed by atoms with Gasteiger partial charge < -0.3 is 15.6 Å². The Morgan fingerprint density at radius 3 is 2.32 bits per heavy atom. The SMILES string of the molecule is CC(=O)Nc1ccc(NC(=O)CSc2nc(C(C)C)cc(=O)[nH]2)cc1. The predicted octanol–water partition coefficient (Wildman–Crippen LogP) is 2.58. The Bertz CT molecular complexity index is 815. The zero-order chi connectivity index (χ0) is 18.4. The Hall–Kier alpha value is -2.61. The maximum Gasteiger partial charge on any atom is 0.251 e. The number of nitrogens with one attached hydrogen (secondary N) is 3. The van der Waals surface area contributed by atoms with Gasteiger partial charge >= 0.3 is 0 Å². The van der Waals surface area contributed by atoms with E-state index in [1.807, 2.05) is 13.8 Å². The quantitative estimate of drug-likeness (QED) is 0.542. The van der Waals surface area contributed by atoms with Crippen LogP contribution in [0, 0.1) is 0 Å². The molecule has 0 atom stereocenters. The highest BCUT2D eigenvalue weighted by molar-refractivity contribution is 7.99. The summed E-state index contributed by atoms with van der Waals surface area (Å²) in [6.07, 6.45) is 0. The highest BCUT2D eigenvalue weighted by Gasteiger charge is 2.09. The molecule has 2 amide bonds. The number of hydrogen-bond donors (Lipinski definition) is 3. The number of carbonyl (C=O) groups excluding carboxylic acids is 2. The summed E-state index contributed by atoms with van der Waals surface area (Å²) in [4.78, 5) is 41.6. The molecular formula is C17H20N4O3S. The van der Waals surface area contributed by atoms with Gasteiger partial charge in [-0.1, -0.05) is 25.6 Å². The van der Waals surface area contributed by atoms with Gasteiger partial charge in [0.25, 0.3) is 5.56 Å². The molecule has 1 heterocycles. The molecule has 0 aliphatic heterocycles. The average Bonchev–Trinajstić information content (AvgIpc) is 2.54. The molecule has 2 rings (SSSR count). The van der Waals surface area contributed by atoms with E-state index in [9.17, 15) is 14.4 Å². The van der Waals surface area contributed by atoms with Gasteiger partial charge in [-0.2, -0.15) is 0 Å². The van der Waals surface area contributed by atoms with Gasteiger partial charge in [0, 0.05) is 24.4 Å². The van der Waals surface area contributed by atoms with Crippen molar-refractivity contribution < 1.29 is 9.59 Å². The molecule has 0 unspecified atom stereocenters. The van der Waals surface area contributed by atoms with Crippen LogP contribution >= 0.6 is 11.8 Å².